The van der Waals surface area contributed by atoms with Crippen molar-refractivity contribution in [2.75, 3.05) is 0 Å². The Morgan fingerprint density at radius 2 is 1.70 bits per heavy atom. The van der Waals surface area contributed by atoms with Crippen LogP contribution in [0.1, 0.15) is 15.9 Å². The molecular weight excluding hydrogens is 306 g/mol. The molecule has 0 amide bonds. The first-order valence-electron chi connectivity index (χ1n) is 6.06. The summed E-state index contributed by atoms with van der Waals surface area (Å²) in [5.74, 6) is -0.590. The number of rotatable bonds is 5. The van der Waals surface area contributed by atoms with E-state index in [1.54, 1.807) is 6.07 Å². The normalized spacial score (nSPS) is 9.70. The van der Waals surface area contributed by atoms with Gasteiger partial charge >= 0.3 is 11.4 Å². The van der Waals surface area contributed by atoms with Gasteiger partial charge in [-0.25, -0.2) is 0 Å². The van der Waals surface area contributed by atoms with Gasteiger partial charge in [-0.1, -0.05) is 0 Å². The van der Waals surface area contributed by atoms with Crippen LogP contribution >= 0.6 is 0 Å². The van der Waals surface area contributed by atoms with Gasteiger partial charge in [-0.3, -0.25) is 25.0 Å². The molecule has 114 valence electrons. The molecule has 0 saturated carbocycles. The maximum absolute atomic E-state index is 11.0. The van der Waals surface area contributed by atoms with Crippen LogP contribution in [-0.4, -0.2) is 16.1 Å². The Morgan fingerprint density at radius 1 is 1.00 bits per heavy atom. The number of hydrogen-bond donors (Lipinski definition) is 0. The summed E-state index contributed by atoms with van der Waals surface area (Å²) in [5.41, 5.74) is -0.814. The van der Waals surface area contributed by atoms with Gasteiger partial charge in [-0.2, -0.15) is 5.26 Å². The molecule has 0 saturated heterocycles. The van der Waals surface area contributed by atoms with Gasteiger partial charge in [0.15, 0.2) is 0 Å². The minimum atomic E-state index is -0.772. The zero-order chi connectivity index (χ0) is 17.0. The second-order valence-corrected chi connectivity index (χ2v) is 4.26. The molecule has 0 atom stereocenters. The maximum Gasteiger partial charge on any atom is 0.312 e. The fourth-order valence-electron chi connectivity index (χ4n) is 1.77. The van der Waals surface area contributed by atoms with E-state index in [4.69, 9.17) is 10.00 Å². The standard InChI is InChI=1S/C14H7N3O6/c15-7-9-2-4-13(12(5-9)17(21)22)23-14-6-10(8-18)1-3-11(14)16(19)20/h1-6,8H. The number of nitro benzene ring substituents is 2. The van der Waals surface area contributed by atoms with Crippen LogP contribution in [0, 0.1) is 31.6 Å². The summed E-state index contributed by atoms with van der Waals surface area (Å²) < 4.78 is 5.25. The molecule has 0 fully saturated rings. The van der Waals surface area contributed by atoms with Crippen LogP contribution < -0.4 is 4.74 Å². The molecule has 23 heavy (non-hydrogen) atoms. The van der Waals surface area contributed by atoms with Gasteiger partial charge in [0.25, 0.3) is 0 Å². The highest BCUT2D eigenvalue weighted by atomic mass is 16.6. The molecule has 2 rings (SSSR count). The zero-order valence-corrected chi connectivity index (χ0v) is 11.3. The second-order valence-electron chi connectivity index (χ2n) is 4.26. The van der Waals surface area contributed by atoms with E-state index < -0.39 is 21.2 Å². The lowest BCUT2D eigenvalue weighted by Crippen LogP contribution is -1.98. The summed E-state index contributed by atoms with van der Waals surface area (Å²) in [4.78, 5) is 31.3. The third-order valence-corrected chi connectivity index (χ3v) is 2.82. The second kappa shape index (κ2) is 6.31. The van der Waals surface area contributed by atoms with Crippen LogP contribution in [-0.2, 0) is 0 Å². The summed E-state index contributed by atoms with van der Waals surface area (Å²) in [7, 11) is 0. The minimum absolute atomic E-state index is 0.0418. The van der Waals surface area contributed by atoms with Crippen molar-refractivity contribution in [3.05, 3.63) is 67.8 Å². The highest BCUT2D eigenvalue weighted by molar-refractivity contribution is 5.77. The summed E-state index contributed by atoms with van der Waals surface area (Å²) in [5, 5.41) is 30.8. The maximum atomic E-state index is 11.0. The lowest BCUT2D eigenvalue weighted by molar-refractivity contribution is -0.387. The fraction of sp³-hybridized carbons (Fsp3) is 0. The minimum Gasteiger partial charge on any atom is -0.443 e. The third-order valence-electron chi connectivity index (χ3n) is 2.82. The molecular formula is C14H7N3O6. The highest BCUT2D eigenvalue weighted by Crippen LogP contribution is 2.36. The summed E-state index contributed by atoms with van der Waals surface area (Å²) in [6, 6.07) is 8.57. The molecule has 0 bridgehead atoms. The van der Waals surface area contributed by atoms with E-state index in [1.165, 1.54) is 12.1 Å². The van der Waals surface area contributed by atoms with E-state index >= 15 is 0 Å². The number of ether oxygens (including phenoxy) is 1. The van der Waals surface area contributed by atoms with Crippen LogP contribution in [0.25, 0.3) is 0 Å². The summed E-state index contributed by atoms with van der Waals surface area (Å²) in [6.07, 6.45) is 0.462. The molecule has 9 heteroatoms. The number of nitro groups is 2. The molecule has 0 radical (unpaired) electrons. The van der Waals surface area contributed by atoms with Crippen molar-refractivity contribution in [3.8, 4) is 17.6 Å². The zero-order valence-electron chi connectivity index (χ0n) is 11.3. The molecule has 0 aliphatic rings. The van der Waals surface area contributed by atoms with Crippen molar-refractivity contribution in [2.45, 2.75) is 0 Å². The quantitative estimate of drug-likeness (QED) is 0.470. The average molecular weight is 313 g/mol. The predicted molar refractivity (Wildman–Crippen MR) is 76.4 cm³/mol. The van der Waals surface area contributed by atoms with Gasteiger partial charge in [0, 0.05) is 17.7 Å². The lowest BCUT2D eigenvalue weighted by Gasteiger charge is -2.07. The average Bonchev–Trinajstić information content (AvgIpc) is 2.54. The Labute approximate surface area is 128 Å². The first-order chi connectivity index (χ1) is 11.0. The van der Waals surface area contributed by atoms with E-state index in [0.717, 1.165) is 24.3 Å². The number of carbonyl (C=O) groups excluding carboxylic acids is 1. The van der Waals surface area contributed by atoms with Crippen LogP contribution in [0.3, 0.4) is 0 Å². The number of nitriles is 1. The van der Waals surface area contributed by atoms with Gasteiger partial charge in [0.05, 0.1) is 21.5 Å². The number of aldehydes is 1. The van der Waals surface area contributed by atoms with E-state index in [0.29, 0.717) is 6.29 Å². The molecule has 0 N–H and O–H groups in total. The number of hydrogen-bond acceptors (Lipinski definition) is 7. The summed E-state index contributed by atoms with van der Waals surface area (Å²) >= 11 is 0. The van der Waals surface area contributed by atoms with E-state index in [1.807, 2.05) is 0 Å². The molecule has 0 heterocycles. The van der Waals surface area contributed by atoms with Crippen molar-refractivity contribution < 1.29 is 19.4 Å². The Hall–Kier alpha value is -3.80. The van der Waals surface area contributed by atoms with E-state index in [9.17, 15) is 25.0 Å². The molecule has 2 aromatic rings. The highest BCUT2D eigenvalue weighted by Gasteiger charge is 2.22. The third kappa shape index (κ3) is 3.27. The largest absolute Gasteiger partial charge is 0.443 e. The van der Waals surface area contributed by atoms with Crippen molar-refractivity contribution in [3.63, 3.8) is 0 Å². The van der Waals surface area contributed by atoms with Crippen molar-refractivity contribution in [2.24, 2.45) is 0 Å². The van der Waals surface area contributed by atoms with Crippen molar-refractivity contribution in [1.82, 2.24) is 0 Å². The molecule has 2 aromatic carbocycles. The molecule has 0 unspecified atom stereocenters. The lowest BCUT2D eigenvalue weighted by atomic mass is 10.2. The monoisotopic (exact) mass is 313 g/mol. The molecule has 0 aromatic heterocycles. The van der Waals surface area contributed by atoms with Crippen molar-refractivity contribution in [1.29, 1.82) is 5.26 Å². The first-order valence-corrected chi connectivity index (χ1v) is 6.06. The molecule has 9 nitrogen and oxygen atoms in total. The van der Waals surface area contributed by atoms with Crippen LogP contribution in [0.4, 0.5) is 11.4 Å². The van der Waals surface area contributed by atoms with Crippen LogP contribution in [0.15, 0.2) is 36.4 Å². The van der Waals surface area contributed by atoms with Gasteiger partial charge in [0.2, 0.25) is 11.5 Å². The molecule has 0 aliphatic carbocycles. The van der Waals surface area contributed by atoms with Gasteiger partial charge in [-0.05, 0) is 24.3 Å². The smallest absolute Gasteiger partial charge is 0.312 e. The number of nitrogens with zero attached hydrogens (tertiary/aromatic N) is 3. The fourth-order valence-corrected chi connectivity index (χ4v) is 1.77. The van der Waals surface area contributed by atoms with Gasteiger partial charge in [0.1, 0.15) is 6.29 Å². The SMILES string of the molecule is N#Cc1ccc(Oc2cc(C=O)ccc2[N+](=O)[O-])c([N+](=O)[O-])c1. The molecule has 0 aliphatic heterocycles. The topological polar surface area (TPSA) is 136 Å². The van der Waals surface area contributed by atoms with E-state index in [2.05, 4.69) is 0 Å². The van der Waals surface area contributed by atoms with Crippen molar-refractivity contribution >= 4 is 17.7 Å². The predicted octanol–water partition coefficient (Wildman–Crippen LogP) is 2.98. The first kappa shape index (κ1) is 15.6. The Kier molecular flexibility index (Phi) is 4.28. The van der Waals surface area contributed by atoms with E-state index in [-0.39, 0.29) is 22.6 Å². The van der Waals surface area contributed by atoms with Crippen LogP contribution in [0.2, 0.25) is 0 Å². The number of carbonyl (C=O) groups is 1. The molecule has 0 spiro atoms. The van der Waals surface area contributed by atoms with Gasteiger partial charge in [-0.15, -0.1) is 0 Å². The summed E-state index contributed by atoms with van der Waals surface area (Å²) in [6.45, 7) is 0. The van der Waals surface area contributed by atoms with Gasteiger partial charge < -0.3 is 4.74 Å². The Balaban J connectivity index is 2.55. The van der Waals surface area contributed by atoms with Crippen LogP contribution in [0.5, 0.6) is 11.5 Å². The number of benzene rings is 2. The Bertz CT molecular complexity index is 856. The Morgan fingerprint density at radius 3 is 2.26 bits per heavy atom.